The van der Waals surface area contributed by atoms with Crippen molar-refractivity contribution in [3.8, 4) is 0 Å². The van der Waals surface area contributed by atoms with E-state index >= 15 is 0 Å². The first-order chi connectivity index (χ1) is 13.5. The van der Waals surface area contributed by atoms with Gasteiger partial charge in [0.15, 0.2) is 0 Å². The predicted molar refractivity (Wildman–Crippen MR) is 108 cm³/mol. The molecule has 2 amide bonds. The molecule has 0 saturated carbocycles. The van der Waals surface area contributed by atoms with Gasteiger partial charge in [-0.1, -0.05) is 41.4 Å². The maximum absolute atomic E-state index is 12.9. The minimum absolute atomic E-state index is 0.0897. The van der Waals surface area contributed by atoms with E-state index < -0.39 is 0 Å². The molecule has 2 aromatic rings. The number of nitrogens with one attached hydrogen (secondary N) is 2. The van der Waals surface area contributed by atoms with Gasteiger partial charge in [-0.15, -0.1) is 0 Å². The largest absolute Gasteiger partial charge is 0.374 e. The lowest BCUT2D eigenvalue weighted by atomic mass is 10.2. The molecule has 1 atom stereocenters. The molecule has 0 aliphatic carbocycles. The third kappa shape index (κ3) is 6.34. The molecule has 1 aliphatic heterocycles. The van der Waals surface area contributed by atoms with Gasteiger partial charge in [-0.3, -0.25) is 4.90 Å². The van der Waals surface area contributed by atoms with Crippen molar-refractivity contribution in [2.45, 2.75) is 19.2 Å². The SMILES string of the molecule is O=C(NCc1ccc(F)cc1)NCC1CN(Cc2ccc(Cl)c(Cl)c2)CCO1. The molecular formula is C20H22Cl2FN3O2. The predicted octanol–water partition coefficient (Wildman–Crippen LogP) is 3.83. The zero-order valence-corrected chi connectivity index (χ0v) is 16.8. The highest BCUT2D eigenvalue weighted by molar-refractivity contribution is 6.42. The van der Waals surface area contributed by atoms with Gasteiger partial charge in [-0.2, -0.15) is 0 Å². The molecular weight excluding hydrogens is 404 g/mol. The van der Waals surface area contributed by atoms with E-state index in [0.29, 0.717) is 36.3 Å². The maximum atomic E-state index is 12.9. The Labute approximate surface area is 173 Å². The van der Waals surface area contributed by atoms with Gasteiger partial charge in [0.25, 0.3) is 0 Å². The van der Waals surface area contributed by atoms with Crippen molar-refractivity contribution in [3.63, 3.8) is 0 Å². The number of carbonyl (C=O) groups excluding carboxylic acids is 1. The molecule has 1 saturated heterocycles. The molecule has 28 heavy (non-hydrogen) atoms. The van der Waals surface area contributed by atoms with Crippen molar-refractivity contribution in [1.29, 1.82) is 0 Å². The number of carbonyl (C=O) groups is 1. The summed E-state index contributed by atoms with van der Waals surface area (Å²) in [5, 5.41) is 6.66. The van der Waals surface area contributed by atoms with Crippen LogP contribution in [-0.4, -0.2) is 43.3 Å². The smallest absolute Gasteiger partial charge is 0.315 e. The second kappa shape index (κ2) is 10.1. The number of rotatable bonds is 6. The molecule has 5 nitrogen and oxygen atoms in total. The topological polar surface area (TPSA) is 53.6 Å². The van der Waals surface area contributed by atoms with Crippen molar-refractivity contribution >= 4 is 29.2 Å². The average Bonchev–Trinajstić information content (AvgIpc) is 2.69. The number of halogens is 3. The molecule has 3 rings (SSSR count). The zero-order chi connectivity index (χ0) is 19.9. The van der Waals surface area contributed by atoms with Crippen molar-refractivity contribution in [2.75, 3.05) is 26.2 Å². The van der Waals surface area contributed by atoms with E-state index in [1.54, 1.807) is 18.2 Å². The highest BCUT2D eigenvalue weighted by Gasteiger charge is 2.21. The van der Waals surface area contributed by atoms with Crippen molar-refractivity contribution in [3.05, 3.63) is 69.5 Å². The first-order valence-corrected chi connectivity index (χ1v) is 9.79. The number of hydrogen-bond donors (Lipinski definition) is 2. The summed E-state index contributed by atoms with van der Waals surface area (Å²) in [5.41, 5.74) is 1.92. The molecule has 0 radical (unpaired) electrons. The minimum Gasteiger partial charge on any atom is -0.374 e. The number of ether oxygens (including phenoxy) is 1. The lowest BCUT2D eigenvalue weighted by Crippen LogP contribution is -2.48. The fourth-order valence-corrected chi connectivity index (χ4v) is 3.32. The fourth-order valence-electron chi connectivity index (χ4n) is 3.00. The number of hydrogen-bond acceptors (Lipinski definition) is 3. The summed E-state index contributed by atoms with van der Waals surface area (Å²) in [6.07, 6.45) is -0.0897. The Bertz CT molecular complexity index is 805. The Morgan fingerprint density at radius 3 is 2.61 bits per heavy atom. The van der Waals surface area contributed by atoms with Crippen LogP contribution in [0.1, 0.15) is 11.1 Å². The van der Waals surface area contributed by atoms with E-state index in [1.165, 1.54) is 12.1 Å². The molecule has 8 heteroatoms. The highest BCUT2D eigenvalue weighted by Crippen LogP contribution is 2.23. The van der Waals surface area contributed by atoms with Crippen LogP contribution in [0.15, 0.2) is 42.5 Å². The number of amides is 2. The second-order valence-electron chi connectivity index (χ2n) is 6.67. The number of morpholine rings is 1. The fraction of sp³-hybridized carbons (Fsp3) is 0.350. The number of nitrogens with zero attached hydrogens (tertiary/aromatic N) is 1. The van der Waals surface area contributed by atoms with Gasteiger partial charge >= 0.3 is 6.03 Å². The highest BCUT2D eigenvalue weighted by atomic mass is 35.5. The van der Waals surface area contributed by atoms with Crippen LogP contribution in [-0.2, 0) is 17.8 Å². The summed E-state index contributed by atoms with van der Waals surface area (Å²) in [4.78, 5) is 14.2. The Balaban J connectivity index is 1.41. The summed E-state index contributed by atoms with van der Waals surface area (Å²) < 4.78 is 18.6. The van der Waals surface area contributed by atoms with E-state index in [-0.39, 0.29) is 18.0 Å². The van der Waals surface area contributed by atoms with Crippen LogP contribution in [0.3, 0.4) is 0 Å². The molecule has 150 valence electrons. The van der Waals surface area contributed by atoms with Crippen LogP contribution in [0.5, 0.6) is 0 Å². The van der Waals surface area contributed by atoms with Crippen molar-refractivity contribution < 1.29 is 13.9 Å². The third-order valence-electron chi connectivity index (χ3n) is 4.47. The lowest BCUT2D eigenvalue weighted by molar-refractivity contribution is -0.0287. The van der Waals surface area contributed by atoms with E-state index in [2.05, 4.69) is 15.5 Å². The van der Waals surface area contributed by atoms with Crippen LogP contribution in [0, 0.1) is 5.82 Å². The van der Waals surface area contributed by atoms with Gasteiger partial charge in [0.05, 0.1) is 22.8 Å². The second-order valence-corrected chi connectivity index (χ2v) is 7.48. The minimum atomic E-state index is -0.298. The summed E-state index contributed by atoms with van der Waals surface area (Å²) in [6, 6.07) is 11.4. The molecule has 1 fully saturated rings. The monoisotopic (exact) mass is 425 g/mol. The summed E-state index contributed by atoms with van der Waals surface area (Å²) in [5.74, 6) is -0.298. The van der Waals surface area contributed by atoms with Gasteiger partial charge in [-0.25, -0.2) is 9.18 Å². The van der Waals surface area contributed by atoms with E-state index in [9.17, 15) is 9.18 Å². The van der Waals surface area contributed by atoms with Crippen LogP contribution in [0.4, 0.5) is 9.18 Å². The lowest BCUT2D eigenvalue weighted by Gasteiger charge is -2.33. The molecule has 2 aromatic carbocycles. The van der Waals surface area contributed by atoms with E-state index in [1.807, 2.05) is 12.1 Å². The Kier molecular flexibility index (Phi) is 7.50. The van der Waals surface area contributed by atoms with Crippen LogP contribution in [0.2, 0.25) is 10.0 Å². The van der Waals surface area contributed by atoms with Crippen molar-refractivity contribution in [2.24, 2.45) is 0 Å². The van der Waals surface area contributed by atoms with Gasteiger partial charge < -0.3 is 15.4 Å². The van der Waals surface area contributed by atoms with Gasteiger partial charge in [0.1, 0.15) is 5.82 Å². The quantitative estimate of drug-likeness (QED) is 0.739. The van der Waals surface area contributed by atoms with Gasteiger partial charge in [-0.05, 0) is 35.4 Å². The van der Waals surface area contributed by atoms with Gasteiger partial charge in [0.2, 0.25) is 0 Å². The summed E-state index contributed by atoms with van der Waals surface area (Å²) >= 11 is 12.0. The summed E-state index contributed by atoms with van der Waals surface area (Å²) in [7, 11) is 0. The third-order valence-corrected chi connectivity index (χ3v) is 5.21. The van der Waals surface area contributed by atoms with E-state index in [4.69, 9.17) is 27.9 Å². The van der Waals surface area contributed by atoms with Crippen LogP contribution >= 0.6 is 23.2 Å². The Morgan fingerprint density at radius 1 is 1.11 bits per heavy atom. The standard InChI is InChI=1S/C20H22Cl2FN3O2/c21-18-6-3-15(9-19(18)22)12-26-7-8-28-17(13-26)11-25-20(27)24-10-14-1-4-16(23)5-2-14/h1-6,9,17H,7-8,10-13H2,(H2,24,25,27). The Morgan fingerprint density at radius 2 is 1.86 bits per heavy atom. The Hall–Kier alpha value is -1.86. The average molecular weight is 426 g/mol. The first-order valence-electron chi connectivity index (χ1n) is 9.03. The van der Waals surface area contributed by atoms with Crippen molar-refractivity contribution in [1.82, 2.24) is 15.5 Å². The van der Waals surface area contributed by atoms with Gasteiger partial charge in [0, 0.05) is 32.7 Å². The zero-order valence-electron chi connectivity index (χ0n) is 15.3. The molecule has 1 unspecified atom stereocenters. The number of urea groups is 1. The molecule has 0 bridgehead atoms. The normalized spacial score (nSPS) is 17.3. The van der Waals surface area contributed by atoms with Crippen LogP contribution in [0.25, 0.3) is 0 Å². The van der Waals surface area contributed by atoms with Crippen LogP contribution < -0.4 is 10.6 Å². The molecule has 1 aliphatic rings. The molecule has 0 spiro atoms. The molecule has 2 N–H and O–H groups in total. The number of benzene rings is 2. The summed E-state index contributed by atoms with van der Waals surface area (Å²) in [6.45, 7) is 3.61. The molecule has 0 aromatic heterocycles. The maximum Gasteiger partial charge on any atom is 0.315 e. The van der Waals surface area contributed by atoms with E-state index in [0.717, 1.165) is 24.2 Å². The molecule has 1 heterocycles. The first kappa shape index (κ1) is 20.9.